The van der Waals surface area contributed by atoms with Crippen molar-refractivity contribution < 1.29 is 0 Å². The Balaban J connectivity index is 2.09. The summed E-state index contributed by atoms with van der Waals surface area (Å²) in [6.07, 6.45) is 4.41. The average Bonchev–Trinajstić information content (AvgIpc) is 2.68. The van der Waals surface area contributed by atoms with E-state index in [2.05, 4.69) is 20.2 Å². The second-order valence-electron chi connectivity index (χ2n) is 3.07. The summed E-state index contributed by atoms with van der Waals surface area (Å²) in [7, 11) is 0. The highest BCUT2D eigenvalue weighted by Gasteiger charge is 2.03. The van der Waals surface area contributed by atoms with Crippen LogP contribution in [0.5, 0.6) is 0 Å². The fraction of sp³-hybridized carbons (Fsp3) is 0.200. The third-order valence-corrected chi connectivity index (χ3v) is 1.91. The van der Waals surface area contributed by atoms with E-state index in [0.29, 0.717) is 12.2 Å². The molecule has 0 aliphatic carbocycles. The van der Waals surface area contributed by atoms with Crippen LogP contribution in [0.3, 0.4) is 0 Å². The van der Waals surface area contributed by atoms with Gasteiger partial charge in [0.15, 0.2) is 5.82 Å². The van der Waals surface area contributed by atoms with Crippen LogP contribution in [0.4, 0.5) is 0 Å². The largest absolute Gasteiger partial charge is 0.264 e. The molecule has 0 bridgehead atoms. The maximum absolute atomic E-state index is 8.46. The number of hydrogen-bond acceptors (Lipinski definition) is 4. The highest BCUT2D eigenvalue weighted by atomic mass is 15.2. The number of H-pyrrole nitrogens is 1. The first-order valence-corrected chi connectivity index (χ1v) is 4.54. The van der Waals surface area contributed by atoms with E-state index < -0.39 is 0 Å². The Hall–Kier alpha value is -2.22. The lowest BCUT2D eigenvalue weighted by molar-refractivity contribution is 0.960. The van der Waals surface area contributed by atoms with Crippen molar-refractivity contribution in [3.63, 3.8) is 0 Å². The van der Waals surface area contributed by atoms with Crippen molar-refractivity contribution in [2.75, 3.05) is 0 Å². The Bertz CT molecular complexity index is 468. The summed E-state index contributed by atoms with van der Waals surface area (Å²) < 4.78 is 0. The number of aromatic amines is 1. The summed E-state index contributed by atoms with van der Waals surface area (Å²) in [5, 5.41) is 15.2. The maximum atomic E-state index is 8.46. The van der Waals surface area contributed by atoms with Crippen molar-refractivity contribution >= 4 is 0 Å². The first kappa shape index (κ1) is 9.34. The number of rotatable bonds is 3. The standard InChI is InChI=1S/C10H9N5/c11-4-3-9-13-10(15-14-9)6-8-2-1-5-12-7-8/h1-2,5,7H,3,6H2,(H,13,14,15). The molecule has 74 valence electrons. The van der Waals surface area contributed by atoms with E-state index in [1.165, 1.54) is 0 Å². The van der Waals surface area contributed by atoms with Crippen LogP contribution in [0.25, 0.3) is 0 Å². The molecule has 0 unspecified atom stereocenters. The second-order valence-corrected chi connectivity index (χ2v) is 3.07. The molecule has 2 aromatic rings. The van der Waals surface area contributed by atoms with Crippen LogP contribution in [0.2, 0.25) is 0 Å². The molecule has 1 N–H and O–H groups in total. The predicted octanol–water partition coefficient (Wildman–Crippen LogP) is 0.857. The molecule has 2 aromatic heterocycles. The van der Waals surface area contributed by atoms with Gasteiger partial charge in [-0.2, -0.15) is 10.4 Å². The first-order valence-electron chi connectivity index (χ1n) is 4.54. The number of pyridine rings is 1. The molecular weight excluding hydrogens is 190 g/mol. The Morgan fingerprint density at radius 1 is 1.47 bits per heavy atom. The van der Waals surface area contributed by atoms with Gasteiger partial charge in [0.1, 0.15) is 5.82 Å². The highest BCUT2D eigenvalue weighted by molar-refractivity contribution is 5.14. The summed E-state index contributed by atoms with van der Waals surface area (Å²) >= 11 is 0. The van der Waals surface area contributed by atoms with Gasteiger partial charge in [0.25, 0.3) is 0 Å². The predicted molar refractivity (Wildman–Crippen MR) is 52.7 cm³/mol. The molecule has 0 amide bonds. The van der Waals surface area contributed by atoms with E-state index in [0.717, 1.165) is 11.4 Å². The third-order valence-electron chi connectivity index (χ3n) is 1.91. The van der Waals surface area contributed by atoms with Crippen LogP contribution in [0, 0.1) is 11.3 Å². The lowest BCUT2D eigenvalue weighted by Gasteiger charge is -1.94. The smallest absolute Gasteiger partial charge is 0.164 e. The molecule has 0 saturated heterocycles. The zero-order valence-electron chi connectivity index (χ0n) is 8.01. The van der Waals surface area contributed by atoms with E-state index in [9.17, 15) is 0 Å². The molecule has 5 heteroatoms. The van der Waals surface area contributed by atoms with Crippen molar-refractivity contribution in [3.8, 4) is 6.07 Å². The molecular formula is C10H9N5. The Labute approximate surface area is 86.8 Å². The van der Waals surface area contributed by atoms with E-state index in [1.54, 1.807) is 12.4 Å². The van der Waals surface area contributed by atoms with Gasteiger partial charge < -0.3 is 0 Å². The summed E-state index contributed by atoms with van der Waals surface area (Å²) in [5.41, 5.74) is 1.07. The van der Waals surface area contributed by atoms with Gasteiger partial charge >= 0.3 is 0 Å². The lowest BCUT2D eigenvalue weighted by Crippen LogP contribution is -1.91. The van der Waals surface area contributed by atoms with Gasteiger partial charge in [0.05, 0.1) is 12.5 Å². The van der Waals surface area contributed by atoms with Crippen molar-refractivity contribution in [1.82, 2.24) is 20.2 Å². The lowest BCUT2D eigenvalue weighted by atomic mass is 10.2. The van der Waals surface area contributed by atoms with Crippen molar-refractivity contribution in [2.45, 2.75) is 12.8 Å². The minimum absolute atomic E-state index is 0.240. The number of nitrogens with zero attached hydrogens (tertiary/aromatic N) is 4. The average molecular weight is 199 g/mol. The van der Waals surface area contributed by atoms with Crippen LogP contribution in [0.1, 0.15) is 17.2 Å². The zero-order valence-corrected chi connectivity index (χ0v) is 8.01. The molecule has 0 fully saturated rings. The van der Waals surface area contributed by atoms with E-state index >= 15 is 0 Å². The summed E-state index contributed by atoms with van der Waals surface area (Å²) in [6.45, 7) is 0. The Kier molecular flexibility index (Phi) is 2.70. The molecule has 0 spiro atoms. The van der Waals surface area contributed by atoms with E-state index in [4.69, 9.17) is 5.26 Å². The molecule has 2 rings (SSSR count). The number of nitrogens with one attached hydrogen (secondary N) is 1. The molecule has 0 aromatic carbocycles. The van der Waals surface area contributed by atoms with E-state index in [1.807, 2.05) is 18.2 Å². The minimum atomic E-state index is 0.240. The molecule has 15 heavy (non-hydrogen) atoms. The Morgan fingerprint density at radius 3 is 3.13 bits per heavy atom. The summed E-state index contributed by atoms with van der Waals surface area (Å²) in [5.74, 6) is 1.30. The van der Waals surface area contributed by atoms with Crippen molar-refractivity contribution in [3.05, 3.63) is 41.7 Å². The number of aromatic nitrogens is 4. The monoisotopic (exact) mass is 199 g/mol. The number of nitriles is 1. The summed E-state index contributed by atoms with van der Waals surface area (Å²) in [4.78, 5) is 8.19. The highest BCUT2D eigenvalue weighted by Crippen LogP contribution is 2.03. The van der Waals surface area contributed by atoms with Gasteiger partial charge in [-0.05, 0) is 11.6 Å². The van der Waals surface area contributed by atoms with Crippen LogP contribution >= 0.6 is 0 Å². The van der Waals surface area contributed by atoms with Gasteiger partial charge in [-0.3, -0.25) is 10.1 Å². The molecule has 2 heterocycles. The van der Waals surface area contributed by atoms with Crippen LogP contribution < -0.4 is 0 Å². The van der Waals surface area contributed by atoms with Crippen LogP contribution in [-0.4, -0.2) is 20.2 Å². The molecule has 0 radical (unpaired) electrons. The number of hydrogen-bond donors (Lipinski definition) is 1. The van der Waals surface area contributed by atoms with Gasteiger partial charge in [-0.1, -0.05) is 6.07 Å². The topological polar surface area (TPSA) is 78.2 Å². The first-order chi connectivity index (χ1) is 7.38. The second kappa shape index (κ2) is 4.33. The van der Waals surface area contributed by atoms with Gasteiger partial charge in [-0.25, -0.2) is 4.98 Å². The van der Waals surface area contributed by atoms with Gasteiger partial charge in [0.2, 0.25) is 0 Å². The summed E-state index contributed by atoms with van der Waals surface area (Å²) in [6, 6.07) is 5.85. The van der Waals surface area contributed by atoms with Crippen molar-refractivity contribution in [1.29, 1.82) is 5.26 Å². The molecule has 0 aliphatic rings. The van der Waals surface area contributed by atoms with E-state index in [-0.39, 0.29) is 6.42 Å². The Morgan fingerprint density at radius 2 is 2.40 bits per heavy atom. The van der Waals surface area contributed by atoms with Crippen molar-refractivity contribution in [2.24, 2.45) is 0 Å². The van der Waals surface area contributed by atoms with Crippen LogP contribution in [0.15, 0.2) is 24.5 Å². The quantitative estimate of drug-likeness (QED) is 0.795. The minimum Gasteiger partial charge on any atom is -0.264 e. The fourth-order valence-corrected chi connectivity index (χ4v) is 1.26. The molecule has 0 saturated carbocycles. The third kappa shape index (κ3) is 2.38. The maximum Gasteiger partial charge on any atom is 0.164 e. The van der Waals surface area contributed by atoms with Gasteiger partial charge in [0, 0.05) is 18.8 Å². The zero-order chi connectivity index (χ0) is 10.5. The molecule has 5 nitrogen and oxygen atoms in total. The molecule has 0 aliphatic heterocycles. The SMILES string of the molecule is N#CCc1n[nH]c(Cc2cccnc2)n1. The normalized spacial score (nSPS) is 9.80. The van der Waals surface area contributed by atoms with Crippen LogP contribution in [-0.2, 0) is 12.8 Å². The molecule has 0 atom stereocenters. The fourth-order valence-electron chi connectivity index (χ4n) is 1.26. The van der Waals surface area contributed by atoms with Gasteiger partial charge in [-0.15, -0.1) is 0 Å².